The monoisotopic (exact) mass is 305 g/mol. The van der Waals surface area contributed by atoms with Gasteiger partial charge in [-0.05, 0) is 19.8 Å². The standard InChI is InChI=1S/C11H16ClN3O3S/c1-8(16)9-3-5-15(6-4-9)19(17,18)11-10(12)7-13-14(11)2/h7,9H,3-6H2,1-2H3. The number of aromatic nitrogens is 2. The molecule has 1 aromatic heterocycles. The van der Waals surface area contributed by atoms with E-state index < -0.39 is 10.0 Å². The average Bonchev–Trinajstić information content (AvgIpc) is 2.69. The van der Waals surface area contributed by atoms with Gasteiger partial charge >= 0.3 is 0 Å². The fraction of sp³-hybridized carbons (Fsp3) is 0.636. The van der Waals surface area contributed by atoms with E-state index in [2.05, 4.69) is 5.10 Å². The van der Waals surface area contributed by atoms with Gasteiger partial charge < -0.3 is 0 Å². The number of rotatable bonds is 3. The number of carbonyl (C=O) groups is 1. The minimum Gasteiger partial charge on any atom is -0.300 e. The quantitative estimate of drug-likeness (QED) is 0.837. The van der Waals surface area contributed by atoms with Crippen molar-refractivity contribution in [2.24, 2.45) is 13.0 Å². The number of halogens is 1. The Morgan fingerprint density at radius 3 is 2.42 bits per heavy atom. The number of ketones is 1. The van der Waals surface area contributed by atoms with E-state index in [-0.39, 0.29) is 21.7 Å². The molecular weight excluding hydrogens is 290 g/mol. The summed E-state index contributed by atoms with van der Waals surface area (Å²) in [6.45, 7) is 2.23. The molecule has 1 saturated heterocycles. The lowest BCUT2D eigenvalue weighted by molar-refractivity contribution is -0.121. The van der Waals surface area contributed by atoms with Gasteiger partial charge in [-0.15, -0.1) is 0 Å². The zero-order valence-corrected chi connectivity index (χ0v) is 12.4. The molecule has 8 heteroatoms. The van der Waals surface area contributed by atoms with Crippen LogP contribution in [0.3, 0.4) is 0 Å². The summed E-state index contributed by atoms with van der Waals surface area (Å²) >= 11 is 5.88. The maximum absolute atomic E-state index is 12.5. The SMILES string of the molecule is CC(=O)C1CCN(S(=O)(=O)c2c(Cl)cnn2C)CC1. The van der Waals surface area contributed by atoms with Crippen LogP contribution in [0.5, 0.6) is 0 Å². The molecule has 0 saturated carbocycles. The number of carbonyl (C=O) groups excluding carboxylic acids is 1. The van der Waals surface area contributed by atoms with Crippen molar-refractivity contribution in [2.45, 2.75) is 24.8 Å². The normalized spacial score (nSPS) is 18.7. The number of sulfonamides is 1. The molecular formula is C11H16ClN3O3S. The van der Waals surface area contributed by atoms with Gasteiger partial charge in [-0.25, -0.2) is 8.42 Å². The second kappa shape index (κ2) is 5.22. The number of nitrogens with zero attached hydrogens (tertiary/aromatic N) is 3. The molecule has 0 aliphatic carbocycles. The minimum atomic E-state index is -3.64. The Hall–Kier alpha value is -0.920. The first-order valence-corrected chi connectivity index (χ1v) is 7.84. The Balaban J connectivity index is 2.21. The van der Waals surface area contributed by atoms with E-state index >= 15 is 0 Å². The van der Waals surface area contributed by atoms with Gasteiger partial charge in [0.25, 0.3) is 10.0 Å². The highest BCUT2D eigenvalue weighted by Crippen LogP contribution is 2.27. The lowest BCUT2D eigenvalue weighted by atomic mass is 9.95. The van der Waals surface area contributed by atoms with Gasteiger partial charge in [0, 0.05) is 26.1 Å². The smallest absolute Gasteiger partial charge is 0.261 e. The highest BCUT2D eigenvalue weighted by Gasteiger charge is 2.34. The zero-order chi connectivity index (χ0) is 14.2. The summed E-state index contributed by atoms with van der Waals surface area (Å²) in [5.41, 5.74) is 0. The van der Waals surface area contributed by atoms with Crippen molar-refractivity contribution in [3.05, 3.63) is 11.2 Å². The largest absolute Gasteiger partial charge is 0.300 e. The zero-order valence-electron chi connectivity index (χ0n) is 10.8. The number of hydrogen-bond donors (Lipinski definition) is 0. The predicted molar refractivity (Wildman–Crippen MR) is 70.4 cm³/mol. The maximum Gasteiger partial charge on any atom is 0.261 e. The van der Waals surface area contributed by atoms with Gasteiger partial charge in [0.1, 0.15) is 5.78 Å². The second-order valence-electron chi connectivity index (χ2n) is 4.71. The van der Waals surface area contributed by atoms with Crippen molar-refractivity contribution < 1.29 is 13.2 Å². The van der Waals surface area contributed by atoms with Gasteiger partial charge in [-0.3, -0.25) is 9.48 Å². The van der Waals surface area contributed by atoms with Crippen LogP contribution in [0.25, 0.3) is 0 Å². The van der Waals surface area contributed by atoms with Gasteiger partial charge in [0.15, 0.2) is 5.03 Å². The molecule has 106 valence electrons. The molecule has 1 aliphatic rings. The van der Waals surface area contributed by atoms with E-state index in [1.54, 1.807) is 14.0 Å². The van der Waals surface area contributed by atoms with Crippen LogP contribution in [0, 0.1) is 5.92 Å². The second-order valence-corrected chi connectivity index (χ2v) is 6.97. The fourth-order valence-electron chi connectivity index (χ4n) is 2.31. The van der Waals surface area contributed by atoms with Gasteiger partial charge in [-0.1, -0.05) is 11.6 Å². The van der Waals surface area contributed by atoms with Crippen LogP contribution in [0.15, 0.2) is 11.2 Å². The third-order valence-corrected chi connectivity index (χ3v) is 5.86. The van der Waals surface area contributed by atoms with Crippen molar-refractivity contribution in [1.82, 2.24) is 14.1 Å². The molecule has 0 bridgehead atoms. The van der Waals surface area contributed by atoms with Crippen molar-refractivity contribution in [1.29, 1.82) is 0 Å². The van der Waals surface area contributed by atoms with E-state index in [0.29, 0.717) is 25.9 Å². The van der Waals surface area contributed by atoms with Crippen molar-refractivity contribution in [3.8, 4) is 0 Å². The third-order valence-electron chi connectivity index (χ3n) is 3.46. The topological polar surface area (TPSA) is 72.3 Å². The van der Waals surface area contributed by atoms with Crippen molar-refractivity contribution >= 4 is 27.4 Å². The molecule has 1 fully saturated rings. The molecule has 0 amide bonds. The Morgan fingerprint density at radius 2 is 2.00 bits per heavy atom. The fourth-order valence-corrected chi connectivity index (χ4v) is 4.39. The highest BCUT2D eigenvalue weighted by molar-refractivity contribution is 7.89. The summed E-state index contributed by atoms with van der Waals surface area (Å²) in [5.74, 6) is 0.0871. The summed E-state index contributed by atoms with van der Waals surface area (Å²) in [6, 6.07) is 0. The summed E-state index contributed by atoms with van der Waals surface area (Å²) in [4.78, 5) is 11.3. The highest BCUT2D eigenvalue weighted by atomic mass is 35.5. The molecule has 0 spiro atoms. The van der Waals surface area contributed by atoms with Crippen LogP contribution in [0.2, 0.25) is 5.02 Å². The molecule has 6 nitrogen and oxygen atoms in total. The van der Waals surface area contributed by atoms with Crippen LogP contribution in [0.1, 0.15) is 19.8 Å². The van der Waals surface area contributed by atoms with Crippen LogP contribution in [0.4, 0.5) is 0 Å². The van der Waals surface area contributed by atoms with Crippen molar-refractivity contribution in [3.63, 3.8) is 0 Å². The van der Waals surface area contributed by atoms with E-state index in [1.807, 2.05) is 0 Å². The first kappa shape index (κ1) is 14.5. The minimum absolute atomic E-state index is 0.00967. The Morgan fingerprint density at radius 1 is 1.42 bits per heavy atom. The molecule has 2 rings (SSSR count). The summed E-state index contributed by atoms with van der Waals surface area (Å²) in [6.07, 6.45) is 2.44. The molecule has 0 unspecified atom stereocenters. The number of hydrogen-bond acceptors (Lipinski definition) is 4. The van der Waals surface area contributed by atoms with Crippen LogP contribution in [-0.2, 0) is 21.9 Å². The lowest BCUT2D eigenvalue weighted by Gasteiger charge is -2.29. The van der Waals surface area contributed by atoms with Crippen LogP contribution >= 0.6 is 11.6 Å². The number of aryl methyl sites for hydroxylation is 1. The van der Waals surface area contributed by atoms with Crippen LogP contribution < -0.4 is 0 Å². The van der Waals surface area contributed by atoms with Gasteiger partial charge in [-0.2, -0.15) is 9.40 Å². The predicted octanol–water partition coefficient (Wildman–Crippen LogP) is 1.06. The molecule has 2 heterocycles. The Labute approximate surface area is 117 Å². The Kier molecular flexibility index (Phi) is 3.98. The summed E-state index contributed by atoms with van der Waals surface area (Å²) in [7, 11) is -2.10. The maximum atomic E-state index is 12.5. The average molecular weight is 306 g/mol. The van der Waals surface area contributed by atoms with E-state index in [1.165, 1.54) is 15.2 Å². The lowest BCUT2D eigenvalue weighted by Crippen LogP contribution is -2.40. The molecule has 19 heavy (non-hydrogen) atoms. The van der Waals surface area contributed by atoms with E-state index in [4.69, 9.17) is 11.6 Å². The van der Waals surface area contributed by atoms with Crippen LogP contribution in [-0.4, -0.2) is 41.4 Å². The molecule has 0 N–H and O–H groups in total. The summed E-state index contributed by atoms with van der Waals surface area (Å²) < 4.78 is 27.6. The van der Waals surface area contributed by atoms with E-state index in [9.17, 15) is 13.2 Å². The molecule has 1 aromatic rings. The Bertz CT molecular complexity index is 569. The molecule has 0 aromatic carbocycles. The molecule has 1 aliphatic heterocycles. The van der Waals surface area contributed by atoms with Gasteiger partial charge in [0.2, 0.25) is 0 Å². The van der Waals surface area contributed by atoms with Crippen molar-refractivity contribution in [2.75, 3.05) is 13.1 Å². The molecule has 0 atom stereocenters. The van der Waals surface area contributed by atoms with Gasteiger partial charge in [0.05, 0.1) is 11.2 Å². The third kappa shape index (κ3) is 2.68. The first-order valence-electron chi connectivity index (χ1n) is 6.02. The molecule has 0 radical (unpaired) electrons. The number of Topliss-reactive ketones (excluding diaryl/α,β-unsaturated/α-hetero) is 1. The number of piperidine rings is 1. The first-order chi connectivity index (χ1) is 8.84. The van der Waals surface area contributed by atoms with E-state index in [0.717, 1.165) is 0 Å². The summed E-state index contributed by atoms with van der Waals surface area (Å²) in [5, 5.41) is 3.98.